The molecule has 3 rings (SSSR count). The van der Waals surface area contributed by atoms with Gasteiger partial charge >= 0.3 is 0 Å². The molecule has 7 heteroatoms. The van der Waals surface area contributed by atoms with Crippen molar-refractivity contribution in [2.24, 2.45) is 0 Å². The van der Waals surface area contributed by atoms with Crippen LogP contribution in [0.4, 0.5) is 11.4 Å². The molecular formula is C16H18N2O4S. The number of benzene rings is 1. The van der Waals surface area contributed by atoms with Crippen LogP contribution in [0.2, 0.25) is 0 Å². The second-order valence-electron chi connectivity index (χ2n) is 5.45. The second-order valence-corrected chi connectivity index (χ2v) is 7.29. The van der Waals surface area contributed by atoms with Crippen LogP contribution in [0.5, 0.6) is 0 Å². The largest absolute Gasteiger partial charge is 0.459 e. The van der Waals surface area contributed by atoms with E-state index in [-0.39, 0.29) is 17.4 Å². The summed E-state index contributed by atoms with van der Waals surface area (Å²) in [7, 11) is -3.36. The highest BCUT2D eigenvalue weighted by molar-refractivity contribution is 7.92. The maximum Gasteiger partial charge on any atom is 0.293 e. The molecule has 122 valence electrons. The van der Waals surface area contributed by atoms with Gasteiger partial charge < -0.3 is 9.32 Å². The van der Waals surface area contributed by atoms with Gasteiger partial charge in [0, 0.05) is 12.2 Å². The molecule has 0 fully saturated rings. The van der Waals surface area contributed by atoms with Crippen LogP contribution in [-0.2, 0) is 16.4 Å². The molecule has 1 aromatic heterocycles. The molecule has 0 spiro atoms. The van der Waals surface area contributed by atoms with E-state index >= 15 is 0 Å². The molecule has 1 aliphatic rings. The first-order valence-electron chi connectivity index (χ1n) is 7.49. The molecule has 23 heavy (non-hydrogen) atoms. The number of hydrogen-bond donors (Lipinski definition) is 1. The first kappa shape index (κ1) is 15.6. The number of carbonyl (C=O) groups is 1. The van der Waals surface area contributed by atoms with Gasteiger partial charge in [-0.05, 0) is 42.7 Å². The van der Waals surface area contributed by atoms with Gasteiger partial charge in [-0.1, -0.05) is 13.0 Å². The molecule has 0 aliphatic carbocycles. The lowest BCUT2D eigenvalue weighted by molar-refractivity contribution is 0.0963. The normalized spacial score (nSPS) is 13.9. The fourth-order valence-electron chi connectivity index (χ4n) is 2.69. The third-order valence-electron chi connectivity index (χ3n) is 3.70. The summed E-state index contributed by atoms with van der Waals surface area (Å²) >= 11 is 0. The summed E-state index contributed by atoms with van der Waals surface area (Å²) in [6.07, 6.45) is 2.74. The van der Waals surface area contributed by atoms with Crippen molar-refractivity contribution < 1.29 is 17.6 Å². The minimum atomic E-state index is -3.36. The van der Waals surface area contributed by atoms with E-state index < -0.39 is 10.0 Å². The van der Waals surface area contributed by atoms with E-state index in [4.69, 9.17) is 4.42 Å². The van der Waals surface area contributed by atoms with E-state index in [9.17, 15) is 13.2 Å². The molecule has 1 aliphatic heterocycles. The summed E-state index contributed by atoms with van der Waals surface area (Å²) in [6, 6.07) is 8.57. The Bertz CT molecular complexity index is 813. The summed E-state index contributed by atoms with van der Waals surface area (Å²) in [6.45, 7) is 2.37. The number of nitrogens with zero attached hydrogens (tertiary/aromatic N) is 1. The highest BCUT2D eigenvalue weighted by Crippen LogP contribution is 2.32. The van der Waals surface area contributed by atoms with Gasteiger partial charge in [-0.2, -0.15) is 0 Å². The van der Waals surface area contributed by atoms with Crippen LogP contribution in [0.1, 0.15) is 29.5 Å². The lowest BCUT2D eigenvalue weighted by Gasteiger charge is -2.17. The number of rotatable bonds is 5. The average Bonchev–Trinajstić information content (AvgIpc) is 3.15. The molecule has 2 aromatic rings. The maximum atomic E-state index is 12.5. The summed E-state index contributed by atoms with van der Waals surface area (Å²) in [5, 5.41) is 0. The number of amides is 1. The topological polar surface area (TPSA) is 79.6 Å². The van der Waals surface area contributed by atoms with Gasteiger partial charge in [0.1, 0.15) is 0 Å². The molecule has 0 radical (unpaired) electrons. The number of nitrogens with one attached hydrogen (secondary N) is 1. The lowest BCUT2D eigenvalue weighted by atomic mass is 10.1. The fourth-order valence-corrected chi connectivity index (χ4v) is 3.81. The van der Waals surface area contributed by atoms with E-state index in [1.165, 1.54) is 6.26 Å². The highest BCUT2D eigenvalue weighted by Gasteiger charge is 2.27. The van der Waals surface area contributed by atoms with Crippen LogP contribution < -0.4 is 9.62 Å². The van der Waals surface area contributed by atoms with Crippen LogP contribution in [0.25, 0.3) is 0 Å². The Kier molecular flexibility index (Phi) is 4.12. The van der Waals surface area contributed by atoms with Crippen molar-refractivity contribution in [3.63, 3.8) is 0 Å². The standard InChI is InChI=1S/C16H18N2O4S/c1-2-10-23(20,21)17-13-6-5-12-7-8-18(14(12)11-13)16(19)15-4-3-9-22-15/h3-6,9,11,17H,2,7-8,10H2,1H3. The smallest absolute Gasteiger partial charge is 0.293 e. The van der Waals surface area contributed by atoms with Crippen LogP contribution in [0, 0.1) is 0 Å². The lowest BCUT2D eigenvalue weighted by Crippen LogP contribution is -2.28. The monoisotopic (exact) mass is 334 g/mol. The van der Waals surface area contributed by atoms with Gasteiger partial charge in [-0.3, -0.25) is 9.52 Å². The Morgan fingerprint density at radius 3 is 2.87 bits per heavy atom. The number of furan rings is 1. The fraction of sp³-hybridized carbons (Fsp3) is 0.312. The number of carbonyl (C=O) groups excluding carboxylic acids is 1. The van der Waals surface area contributed by atoms with Gasteiger partial charge in [0.25, 0.3) is 5.91 Å². The maximum absolute atomic E-state index is 12.5. The highest BCUT2D eigenvalue weighted by atomic mass is 32.2. The van der Waals surface area contributed by atoms with Gasteiger partial charge in [-0.25, -0.2) is 8.42 Å². The van der Waals surface area contributed by atoms with Crippen molar-refractivity contribution in [2.75, 3.05) is 21.9 Å². The van der Waals surface area contributed by atoms with Crippen LogP contribution in [0.3, 0.4) is 0 Å². The number of sulfonamides is 1. The molecule has 0 atom stereocenters. The molecule has 1 amide bonds. The van der Waals surface area contributed by atoms with Crippen molar-refractivity contribution in [2.45, 2.75) is 19.8 Å². The number of fused-ring (bicyclic) bond motifs is 1. The average molecular weight is 334 g/mol. The predicted octanol–water partition coefficient (Wildman–Crippen LogP) is 2.63. The summed E-state index contributed by atoms with van der Waals surface area (Å²) < 4.78 is 31.5. The van der Waals surface area contributed by atoms with Crippen molar-refractivity contribution in [3.05, 3.63) is 47.9 Å². The minimum absolute atomic E-state index is 0.0686. The minimum Gasteiger partial charge on any atom is -0.459 e. The first-order chi connectivity index (χ1) is 11.0. The van der Waals surface area contributed by atoms with Crippen molar-refractivity contribution >= 4 is 27.3 Å². The van der Waals surface area contributed by atoms with Crippen LogP contribution in [0.15, 0.2) is 41.0 Å². The predicted molar refractivity (Wildman–Crippen MR) is 88.2 cm³/mol. The first-order valence-corrected chi connectivity index (χ1v) is 9.14. The summed E-state index contributed by atoms with van der Waals surface area (Å²) in [5.41, 5.74) is 2.21. The zero-order chi connectivity index (χ0) is 16.4. The van der Waals surface area contributed by atoms with Crippen LogP contribution in [-0.4, -0.2) is 26.6 Å². The van der Waals surface area contributed by atoms with Crippen molar-refractivity contribution in [1.82, 2.24) is 0 Å². The van der Waals surface area contributed by atoms with Crippen molar-refractivity contribution in [1.29, 1.82) is 0 Å². The SMILES string of the molecule is CCCS(=O)(=O)Nc1ccc2c(c1)N(C(=O)c1ccco1)CC2. The molecule has 0 saturated heterocycles. The molecule has 6 nitrogen and oxygen atoms in total. The molecule has 0 unspecified atom stereocenters. The van der Waals surface area contributed by atoms with E-state index in [1.54, 1.807) is 29.2 Å². The second kappa shape index (κ2) is 6.08. The Hall–Kier alpha value is -2.28. The van der Waals surface area contributed by atoms with E-state index in [0.717, 1.165) is 17.7 Å². The summed E-state index contributed by atoms with van der Waals surface area (Å²) in [5.74, 6) is 0.121. The molecular weight excluding hydrogens is 316 g/mol. The van der Waals surface area contributed by atoms with E-state index in [1.807, 2.05) is 13.0 Å². The van der Waals surface area contributed by atoms with Gasteiger partial charge in [0.05, 0.1) is 17.7 Å². The van der Waals surface area contributed by atoms with E-state index in [0.29, 0.717) is 18.7 Å². The van der Waals surface area contributed by atoms with Gasteiger partial charge in [0.2, 0.25) is 10.0 Å². The zero-order valence-electron chi connectivity index (χ0n) is 12.8. The Balaban J connectivity index is 1.87. The molecule has 2 heterocycles. The number of anilines is 2. The third kappa shape index (κ3) is 3.24. The number of hydrogen-bond acceptors (Lipinski definition) is 4. The Morgan fingerprint density at radius 1 is 1.35 bits per heavy atom. The molecule has 0 saturated carbocycles. The van der Waals surface area contributed by atoms with Gasteiger partial charge in [0.15, 0.2) is 5.76 Å². The molecule has 0 bridgehead atoms. The Morgan fingerprint density at radius 2 is 2.17 bits per heavy atom. The van der Waals surface area contributed by atoms with E-state index in [2.05, 4.69) is 4.72 Å². The summed E-state index contributed by atoms with van der Waals surface area (Å²) in [4.78, 5) is 14.1. The quantitative estimate of drug-likeness (QED) is 0.911. The van der Waals surface area contributed by atoms with Gasteiger partial charge in [-0.15, -0.1) is 0 Å². The zero-order valence-corrected chi connectivity index (χ0v) is 13.6. The Labute approximate surface area is 135 Å². The third-order valence-corrected chi connectivity index (χ3v) is 5.20. The van der Waals surface area contributed by atoms with Crippen LogP contribution >= 0.6 is 0 Å². The van der Waals surface area contributed by atoms with Crippen molar-refractivity contribution in [3.8, 4) is 0 Å². The molecule has 1 aromatic carbocycles. The molecule has 1 N–H and O–H groups in total.